The van der Waals surface area contributed by atoms with Gasteiger partial charge in [-0.25, -0.2) is 0 Å². The minimum atomic E-state index is -0.656. The van der Waals surface area contributed by atoms with Gasteiger partial charge in [-0.15, -0.1) is 0 Å². The summed E-state index contributed by atoms with van der Waals surface area (Å²) in [5.41, 5.74) is 3.36. The molecular formula is C29H36N2O4. The summed E-state index contributed by atoms with van der Waals surface area (Å²) in [5.74, 6) is -0.392. The lowest BCUT2D eigenvalue weighted by molar-refractivity contribution is -0.139. The Labute approximate surface area is 208 Å². The van der Waals surface area contributed by atoms with Gasteiger partial charge < -0.3 is 19.6 Å². The molecule has 0 spiro atoms. The minimum absolute atomic E-state index is 0.125. The van der Waals surface area contributed by atoms with Crippen LogP contribution in [0.2, 0.25) is 0 Å². The SMILES string of the molecule is C=CCOc1ccc(/C(O)=C2/C(=O)C(=O)N(CCCN(C)C)C2c2ccc(C(C)C)cc2)c(C)c1. The van der Waals surface area contributed by atoms with Crippen LogP contribution in [0.1, 0.15) is 54.5 Å². The number of Topliss-reactive ketones (excluding diaryl/α,β-unsaturated/α-hetero) is 1. The highest BCUT2D eigenvalue weighted by Gasteiger charge is 2.45. The largest absolute Gasteiger partial charge is 0.507 e. The lowest BCUT2D eigenvalue weighted by atomic mass is 9.92. The zero-order valence-electron chi connectivity index (χ0n) is 21.4. The van der Waals surface area contributed by atoms with Gasteiger partial charge in [0.05, 0.1) is 11.6 Å². The van der Waals surface area contributed by atoms with E-state index in [9.17, 15) is 14.7 Å². The van der Waals surface area contributed by atoms with Crippen LogP contribution in [0, 0.1) is 6.92 Å². The van der Waals surface area contributed by atoms with Gasteiger partial charge in [-0.3, -0.25) is 9.59 Å². The zero-order chi connectivity index (χ0) is 25.7. The number of hydrogen-bond acceptors (Lipinski definition) is 5. The van der Waals surface area contributed by atoms with Gasteiger partial charge in [-0.05, 0) is 74.8 Å². The number of aryl methyl sites for hydroxylation is 1. The molecule has 1 unspecified atom stereocenters. The van der Waals surface area contributed by atoms with Crippen molar-refractivity contribution in [1.82, 2.24) is 9.80 Å². The predicted octanol–water partition coefficient (Wildman–Crippen LogP) is 5.06. The van der Waals surface area contributed by atoms with Crippen molar-refractivity contribution in [2.45, 2.75) is 39.2 Å². The average molecular weight is 477 g/mol. The molecule has 0 saturated carbocycles. The Morgan fingerprint density at radius 3 is 2.43 bits per heavy atom. The molecule has 3 rings (SSSR count). The molecule has 1 N–H and O–H groups in total. The summed E-state index contributed by atoms with van der Waals surface area (Å²) in [6.07, 6.45) is 2.38. The molecule has 1 saturated heterocycles. The summed E-state index contributed by atoms with van der Waals surface area (Å²) < 4.78 is 5.59. The van der Waals surface area contributed by atoms with E-state index in [0.29, 0.717) is 30.4 Å². The van der Waals surface area contributed by atoms with Crippen molar-refractivity contribution in [2.24, 2.45) is 0 Å². The fourth-order valence-electron chi connectivity index (χ4n) is 4.37. The number of ketones is 1. The third-order valence-electron chi connectivity index (χ3n) is 6.28. The van der Waals surface area contributed by atoms with Crippen LogP contribution in [-0.4, -0.2) is 60.4 Å². The molecule has 35 heavy (non-hydrogen) atoms. The van der Waals surface area contributed by atoms with E-state index in [0.717, 1.165) is 24.1 Å². The smallest absolute Gasteiger partial charge is 0.295 e. The molecule has 6 heteroatoms. The van der Waals surface area contributed by atoms with Gasteiger partial charge in [-0.1, -0.05) is 50.8 Å². The summed E-state index contributed by atoms with van der Waals surface area (Å²) in [4.78, 5) is 30.0. The van der Waals surface area contributed by atoms with E-state index in [1.54, 1.807) is 29.2 Å². The molecule has 1 fully saturated rings. The number of amides is 1. The molecule has 0 aliphatic carbocycles. The molecule has 1 aliphatic heterocycles. The van der Waals surface area contributed by atoms with Crippen molar-refractivity contribution < 1.29 is 19.4 Å². The lowest BCUT2D eigenvalue weighted by Gasteiger charge is -2.26. The van der Waals surface area contributed by atoms with E-state index in [4.69, 9.17) is 4.74 Å². The summed E-state index contributed by atoms with van der Waals surface area (Å²) in [5, 5.41) is 11.4. The topological polar surface area (TPSA) is 70.1 Å². The molecule has 0 bridgehead atoms. The first-order chi connectivity index (χ1) is 16.6. The van der Waals surface area contributed by atoms with Crippen LogP contribution >= 0.6 is 0 Å². The van der Waals surface area contributed by atoms with E-state index in [-0.39, 0.29) is 11.3 Å². The Morgan fingerprint density at radius 2 is 1.86 bits per heavy atom. The molecule has 2 aromatic carbocycles. The Balaban J connectivity index is 2.08. The molecule has 0 aromatic heterocycles. The first-order valence-electron chi connectivity index (χ1n) is 12.0. The van der Waals surface area contributed by atoms with Crippen LogP contribution in [0.25, 0.3) is 5.76 Å². The summed E-state index contributed by atoms with van der Waals surface area (Å²) in [6.45, 7) is 11.3. The molecule has 1 aliphatic rings. The van der Waals surface area contributed by atoms with Crippen molar-refractivity contribution in [1.29, 1.82) is 0 Å². The van der Waals surface area contributed by atoms with Gasteiger partial charge >= 0.3 is 0 Å². The second-order valence-corrected chi connectivity index (χ2v) is 9.55. The number of benzene rings is 2. The molecular weight excluding hydrogens is 440 g/mol. The van der Waals surface area contributed by atoms with Gasteiger partial charge in [0.1, 0.15) is 18.1 Å². The van der Waals surface area contributed by atoms with Crippen LogP contribution in [0.4, 0.5) is 0 Å². The number of ether oxygens (including phenoxy) is 1. The van der Waals surface area contributed by atoms with Gasteiger partial charge in [0.15, 0.2) is 0 Å². The van der Waals surface area contributed by atoms with Crippen LogP contribution in [0.15, 0.2) is 60.7 Å². The monoisotopic (exact) mass is 476 g/mol. The number of hydrogen-bond donors (Lipinski definition) is 1. The zero-order valence-corrected chi connectivity index (χ0v) is 21.4. The normalized spacial score (nSPS) is 17.5. The van der Waals surface area contributed by atoms with Crippen molar-refractivity contribution in [3.05, 3.63) is 82.9 Å². The predicted molar refractivity (Wildman–Crippen MR) is 140 cm³/mol. The van der Waals surface area contributed by atoms with Crippen molar-refractivity contribution in [3.63, 3.8) is 0 Å². The lowest BCUT2D eigenvalue weighted by Crippen LogP contribution is -2.32. The van der Waals surface area contributed by atoms with Gasteiger partial charge in [0.2, 0.25) is 0 Å². The number of likely N-dealkylation sites (tertiary alicyclic amines) is 1. The van der Waals surface area contributed by atoms with E-state index in [2.05, 4.69) is 20.4 Å². The van der Waals surface area contributed by atoms with Crippen LogP contribution < -0.4 is 4.74 Å². The average Bonchev–Trinajstić information content (AvgIpc) is 3.07. The number of rotatable bonds is 10. The van der Waals surface area contributed by atoms with Gasteiger partial charge in [-0.2, -0.15) is 0 Å². The third-order valence-corrected chi connectivity index (χ3v) is 6.28. The number of carbonyl (C=O) groups is 2. The summed E-state index contributed by atoms with van der Waals surface area (Å²) in [7, 11) is 3.95. The number of aliphatic hydroxyl groups is 1. The van der Waals surface area contributed by atoms with E-state index < -0.39 is 17.7 Å². The molecule has 1 heterocycles. The van der Waals surface area contributed by atoms with Crippen molar-refractivity contribution in [2.75, 3.05) is 33.8 Å². The van der Waals surface area contributed by atoms with Gasteiger partial charge in [0, 0.05) is 12.1 Å². The number of carbonyl (C=O) groups excluding carboxylic acids is 2. The van der Waals surface area contributed by atoms with E-state index in [1.165, 1.54) is 5.56 Å². The minimum Gasteiger partial charge on any atom is -0.507 e. The Bertz CT molecular complexity index is 1120. The maximum absolute atomic E-state index is 13.3. The Hall–Kier alpha value is -3.38. The molecule has 1 amide bonds. The quantitative estimate of drug-likeness (QED) is 0.225. The molecule has 0 radical (unpaired) electrons. The summed E-state index contributed by atoms with van der Waals surface area (Å²) in [6, 6.07) is 12.6. The first-order valence-corrected chi connectivity index (χ1v) is 12.0. The number of nitrogens with zero attached hydrogens (tertiary/aromatic N) is 2. The second kappa shape index (κ2) is 11.4. The standard InChI is InChI=1S/C29H36N2O4/c1-7-17-35-23-13-14-24(20(4)18-23)27(32)25-26(22-11-9-21(10-12-22)19(2)3)31(29(34)28(25)33)16-8-15-30(5)6/h7,9-14,18-19,26,32H,1,8,15-17H2,2-6H3/b27-25-. The molecule has 6 nitrogen and oxygen atoms in total. The molecule has 186 valence electrons. The Morgan fingerprint density at radius 1 is 1.17 bits per heavy atom. The third kappa shape index (κ3) is 5.82. The highest BCUT2D eigenvalue weighted by molar-refractivity contribution is 6.46. The van der Waals surface area contributed by atoms with Crippen LogP contribution in [0.3, 0.4) is 0 Å². The van der Waals surface area contributed by atoms with E-state index >= 15 is 0 Å². The van der Waals surface area contributed by atoms with Gasteiger partial charge in [0.25, 0.3) is 11.7 Å². The van der Waals surface area contributed by atoms with Crippen molar-refractivity contribution >= 4 is 17.4 Å². The fourth-order valence-corrected chi connectivity index (χ4v) is 4.37. The second-order valence-electron chi connectivity index (χ2n) is 9.55. The van der Waals surface area contributed by atoms with Crippen LogP contribution in [-0.2, 0) is 9.59 Å². The maximum Gasteiger partial charge on any atom is 0.295 e. The highest BCUT2D eigenvalue weighted by atomic mass is 16.5. The van der Waals surface area contributed by atoms with Crippen molar-refractivity contribution in [3.8, 4) is 5.75 Å². The highest BCUT2D eigenvalue weighted by Crippen LogP contribution is 2.40. The Kier molecular flexibility index (Phi) is 8.52. The van der Waals surface area contributed by atoms with E-state index in [1.807, 2.05) is 50.2 Å². The number of aliphatic hydroxyl groups excluding tert-OH is 1. The summed E-state index contributed by atoms with van der Waals surface area (Å²) >= 11 is 0. The maximum atomic E-state index is 13.3. The molecule has 1 atom stereocenters. The van der Waals surface area contributed by atoms with Crippen LogP contribution in [0.5, 0.6) is 5.75 Å². The first kappa shape index (κ1) is 26.2. The fraction of sp³-hybridized carbons (Fsp3) is 0.379. The molecule has 2 aromatic rings.